The summed E-state index contributed by atoms with van der Waals surface area (Å²) in [6, 6.07) is 7.86. The number of nitrogens with zero attached hydrogens (tertiary/aromatic N) is 3. The molecule has 1 saturated carbocycles. The molecule has 40 heavy (non-hydrogen) atoms. The second-order valence-corrected chi connectivity index (χ2v) is 11.1. The van der Waals surface area contributed by atoms with E-state index in [4.69, 9.17) is 30.5 Å². The highest BCUT2D eigenvalue weighted by Crippen LogP contribution is 2.20. The summed E-state index contributed by atoms with van der Waals surface area (Å²) in [5.74, 6) is 0. The van der Waals surface area contributed by atoms with Crippen LogP contribution in [0.25, 0.3) is 11.2 Å². The van der Waals surface area contributed by atoms with E-state index >= 15 is 0 Å². The molecule has 3 aromatic rings. The number of nitrogens with one attached hydrogen (secondary N) is 1. The van der Waals surface area contributed by atoms with Crippen molar-refractivity contribution in [3.63, 3.8) is 0 Å². The van der Waals surface area contributed by atoms with Crippen molar-refractivity contribution in [1.29, 1.82) is 0 Å². The molecule has 1 unspecified atom stereocenters. The van der Waals surface area contributed by atoms with Crippen molar-refractivity contribution in [1.82, 2.24) is 14.1 Å². The summed E-state index contributed by atoms with van der Waals surface area (Å²) in [6.07, 6.45) is 9.45. The molecule has 2 fully saturated rings. The maximum Gasteiger partial charge on any atom is 0.456 e. The van der Waals surface area contributed by atoms with Crippen molar-refractivity contribution in [3.05, 3.63) is 55.7 Å². The molecule has 2 aliphatic rings. The quantitative estimate of drug-likeness (QED) is 0.261. The van der Waals surface area contributed by atoms with Gasteiger partial charge in [0.2, 0.25) is 0 Å². The Hall–Kier alpha value is -2.66. The average molecular weight is 576 g/mol. The van der Waals surface area contributed by atoms with Gasteiger partial charge in [-0.15, -0.1) is 0 Å². The number of ether oxygens (including phenoxy) is 4. The Morgan fingerprint density at radius 2 is 1.77 bits per heavy atom. The van der Waals surface area contributed by atoms with Gasteiger partial charge in [0, 0.05) is 25.2 Å². The molecule has 11 heteroatoms. The van der Waals surface area contributed by atoms with Crippen LogP contribution in [0, 0.1) is 0 Å². The normalized spacial score (nSPS) is 18.4. The van der Waals surface area contributed by atoms with E-state index in [0.717, 1.165) is 37.7 Å². The first kappa shape index (κ1) is 28.9. The molecule has 0 bridgehead atoms. The Morgan fingerprint density at radius 1 is 1.00 bits per heavy atom. The fraction of sp³-hybridized carbons (Fsp3) is 0.621. The van der Waals surface area contributed by atoms with E-state index in [1.165, 1.54) is 28.4 Å². The molecule has 1 N–H and O–H groups in total. The second kappa shape index (κ2) is 13.8. The summed E-state index contributed by atoms with van der Waals surface area (Å²) >= 11 is 6.10. The van der Waals surface area contributed by atoms with E-state index in [2.05, 4.69) is 4.98 Å². The van der Waals surface area contributed by atoms with Crippen molar-refractivity contribution in [2.24, 2.45) is 7.05 Å². The van der Waals surface area contributed by atoms with E-state index in [1.807, 2.05) is 24.3 Å². The minimum absolute atomic E-state index is 0.205. The number of aromatic nitrogens is 4. The third kappa shape index (κ3) is 6.97. The highest BCUT2D eigenvalue weighted by atomic mass is 35.5. The Balaban J connectivity index is 1.37. The fourth-order valence-electron chi connectivity index (χ4n) is 5.51. The van der Waals surface area contributed by atoms with Crippen molar-refractivity contribution in [3.8, 4) is 6.01 Å². The number of imidazole rings is 1. The largest absolute Gasteiger partial charge is 0.456 e. The van der Waals surface area contributed by atoms with Crippen LogP contribution >= 0.6 is 11.6 Å². The monoisotopic (exact) mass is 575 g/mol. The van der Waals surface area contributed by atoms with Gasteiger partial charge >= 0.3 is 17.3 Å². The Morgan fingerprint density at radius 3 is 2.52 bits per heavy atom. The molecule has 0 amide bonds. The fourth-order valence-corrected chi connectivity index (χ4v) is 5.63. The number of aryl methyl sites for hydroxylation is 1. The summed E-state index contributed by atoms with van der Waals surface area (Å²) in [6.45, 7) is 2.50. The van der Waals surface area contributed by atoms with Crippen molar-refractivity contribution < 1.29 is 23.5 Å². The molecule has 2 aromatic heterocycles. The zero-order valence-corrected chi connectivity index (χ0v) is 24.0. The van der Waals surface area contributed by atoms with Gasteiger partial charge in [-0.05, 0) is 56.2 Å². The van der Waals surface area contributed by atoms with Crippen LogP contribution in [0.2, 0.25) is 5.02 Å². The Labute approximate surface area is 238 Å². The summed E-state index contributed by atoms with van der Waals surface area (Å²) in [7, 11) is 1.66. The first-order chi connectivity index (χ1) is 19.5. The number of benzene rings is 1. The average Bonchev–Trinajstić information content (AvgIpc) is 3.34. The SMILES string of the molecule is Cn1c(=O)n(CCCOC2CCCCO2)c(=O)c2c1[nH]c(OCCOC1CCCCC1)[n+]2Cc1ccc(Cl)cc1. The van der Waals surface area contributed by atoms with Crippen LogP contribution in [-0.4, -0.2) is 52.9 Å². The van der Waals surface area contributed by atoms with Gasteiger partial charge in [0.15, 0.2) is 6.29 Å². The lowest BCUT2D eigenvalue weighted by Crippen LogP contribution is -2.45. The molecule has 1 saturated heterocycles. The molecular formula is C29H40ClN4O6+. The number of H-pyrrole nitrogens is 1. The molecule has 218 valence electrons. The molecule has 10 nitrogen and oxygen atoms in total. The summed E-state index contributed by atoms with van der Waals surface area (Å²) in [5.41, 5.74) is 0.968. The van der Waals surface area contributed by atoms with Crippen molar-refractivity contribution in [2.45, 2.75) is 83.3 Å². The zero-order chi connectivity index (χ0) is 27.9. The number of rotatable bonds is 12. The molecule has 1 aliphatic carbocycles. The minimum Gasteiger partial charge on any atom is -0.429 e. The van der Waals surface area contributed by atoms with E-state index in [0.29, 0.717) is 61.6 Å². The van der Waals surface area contributed by atoms with Crippen LogP contribution < -0.4 is 20.6 Å². The summed E-state index contributed by atoms with van der Waals surface area (Å²) < 4.78 is 28.1. The van der Waals surface area contributed by atoms with Gasteiger partial charge in [-0.2, -0.15) is 9.55 Å². The lowest BCUT2D eigenvalue weighted by molar-refractivity contribution is -0.668. The van der Waals surface area contributed by atoms with Crippen LogP contribution in [0.5, 0.6) is 6.01 Å². The number of hydrogen-bond acceptors (Lipinski definition) is 6. The number of halogens is 1. The van der Waals surface area contributed by atoms with Crippen LogP contribution in [0.3, 0.4) is 0 Å². The number of fused-ring (bicyclic) bond motifs is 1. The summed E-state index contributed by atoms with van der Waals surface area (Å²) in [5, 5.41) is 0.634. The van der Waals surface area contributed by atoms with Gasteiger partial charge in [0.05, 0.1) is 19.3 Å². The van der Waals surface area contributed by atoms with Crippen molar-refractivity contribution >= 4 is 22.8 Å². The molecule has 0 spiro atoms. The molecule has 5 rings (SSSR count). The Bertz CT molecular complexity index is 1370. The highest BCUT2D eigenvalue weighted by Gasteiger charge is 2.28. The van der Waals surface area contributed by atoms with Crippen LogP contribution in [0.1, 0.15) is 63.4 Å². The maximum absolute atomic E-state index is 13.8. The van der Waals surface area contributed by atoms with Gasteiger partial charge < -0.3 is 18.9 Å². The predicted octanol–water partition coefficient (Wildman–Crippen LogP) is 3.68. The molecular weight excluding hydrogens is 536 g/mol. The van der Waals surface area contributed by atoms with E-state index in [-0.39, 0.29) is 24.5 Å². The zero-order valence-electron chi connectivity index (χ0n) is 23.2. The highest BCUT2D eigenvalue weighted by molar-refractivity contribution is 6.30. The first-order valence-corrected chi connectivity index (χ1v) is 14.9. The van der Waals surface area contributed by atoms with Gasteiger partial charge in [-0.25, -0.2) is 4.79 Å². The molecule has 1 aliphatic heterocycles. The molecule has 1 aromatic carbocycles. The van der Waals surface area contributed by atoms with E-state index < -0.39 is 5.69 Å². The van der Waals surface area contributed by atoms with Crippen LogP contribution in [0.4, 0.5) is 0 Å². The maximum atomic E-state index is 13.8. The van der Waals surface area contributed by atoms with Gasteiger partial charge in [0.25, 0.3) is 11.2 Å². The topological polar surface area (TPSA) is 101 Å². The van der Waals surface area contributed by atoms with Crippen LogP contribution in [-0.2, 0) is 34.3 Å². The lowest BCUT2D eigenvalue weighted by Gasteiger charge is -2.22. The lowest BCUT2D eigenvalue weighted by atomic mass is 9.98. The van der Waals surface area contributed by atoms with Gasteiger partial charge in [0.1, 0.15) is 13.2 Å². The molecule has 0 radical (unpaired) electrons. The van der Waals surface area contributed by atoms with Gasteiger partial charge in [-0.3, -0.25) is 13.9 Å². The molecule has 3 heterocycles. The number of hydrogen-bond donors (Lipinski definition) is 1. The minimum atomic E-state index is -0.390. The smallest absolute Gasteiger partial charge is 0.429 e. The Kier molecular flexibility index (Phi) is 9.96. The van der Waals surface area contributed by atoms with E-state index in [9.17, 15) is 9.59 Å². The van der Waals surface area contributed by atoms with E-state index in [1.54, 1.807) is 11.6 Å². The second-order valence-electron chi connectivity index (χ2n) is 10.6. The number of aromatic amines is 1. The van der Waals surface area contributed by atoms with Crippen molar-refractivity contribution in [2.75, 3.05) is 26.4 Å². The standard InChI is InChI=1S/C29H39ClN4O6/c1-32-26-25(27(35)33(29(32)36)15-7-17-39-24-10-5-6-16-38-24)34(20-21-11-13-22(30)14-12-21)28(31-26)40-19-18-37-23-8-3-2-4-9-23/h11-14,23-24H,2-10,15-20H2,1H3/p+1. The predicted molar refractivity (Wildman–Crippen MR) is 151 cm³/mol. The first-order valence-electron chi connectivity index (χ1n) is 14.5. The van der Waals surface area contributed by atoms with Gasteiger partial charge in [-0.1, -0.05) is 43.0 Å². The molecule has 1 atom stereocenters. The third-order valence-electron chi connectivity index (χ3n) is 7.72. The summed E-state index contributed by atoms with van der Waals surface area (Å²) in [4.78, 5) is 30.2. The van der Waals surface area contributed by atoms with Crippen LogP contribution in [0.15, 0.2) is 33.9 Å². The third-order valence-corrected chi connectivity index (χ3v) is 7.97.